The van der Waals surface area contributed by atoms with Gasteiger partial charge in [0.1, 0.15) is 33.9 Å². The molecular formula is C21H24ClF2N5O2. The van der Waals surface area contributed by atoms with E-state index in [0.29, 0.717) is 17.7 Å². The van der Waals surface area contributed by atoms with Crippen molar-refractivity contribution in [3.05, 3.63) is 46.9 Å². The van der Waals surface area contributed by atoms with Crippen molar-refractivity contribution < 1.29 is 18.3 Å². The first kappa shape index (κ1) is 22.9. The molecule has 0 amide bonds. The highest BCUT2D eigenvalue weighted by Gasteiger charge is 2.21. The summed E-state index contributed by atoms with van der Waals surface area (Å²) in [4.78, 5) is 10.6. The van der Waals surface area contributed by atoms with E-state index in [0.717, 1.165) is 56.7 Å². The van der Waals surface area contributed by atoms with Gasteiger partial charge in [-0.1, -0.05) is 11.6 Å². The first-order valence-corrected chi connectivity index (χ1v) is 10.4. The molecule has 1 aromatic heterocycles. The maximum absolute atomic E-state index is 14.2. The van der Waals surface area contributed by atoms with Gasteiger partial charge in [-0.25, -0.2) is 18.7 Å². The average Bonchev–Trinajstić information content (AvgIpc) is 2.71. The van der Waals surface area contributed by atoms with Crippen LogP contribution in [0.25, 0.3) is 0 Å². The zero-order valence-corrected chi connectivity index (χ0v) is 17.9. The van der Waals surface area contributed by atoms with Crippen molar-refractivity contribution in [3.63, 3.8) is 0 Å². The second-order valence-corrected chi connectivity index (χ2v) is 7.75. The molecule has 1 saturated heterocycles. The average molecular weight is 452 g/mol. The molecule has 166 valence electrons. The smallest absolute Gasteiger partial charge is 0.226 e. The van der Waals surface area contributed by atoms with Crippen molar-refractivity contribution in [1.29, 1.82) is 10.8 Å². The molecule has 31 heavy (non-hydrogen) atoms. The largest absolute Gasteiger partial charge is 0.493 e. The number of nitrogens with zero attached hydrogens (tertiary/aromatic N) is 3. The molecule has 0 atom stereocenters. The Morgan fingerprint density at radius 3 is 2.42 bits per heavy atom. The van der Waals surface area contributed by atoms with E-state index in [1.807, 2.05) is 0 Å². The molecule has 1 aliphatic heterocycles. The minimum atomic E-state index is -0.959. The Labute approximate surface area is 184 Å². The van der Waals surface area contributed by atoms with Gasteiger partial charge in [-0.05, 0) is 31.6 Å². The summed E-state index contributed by atoms with van der Waals surface area (Å²) in [6.07, 6.45) is 7.00. The number of hydrogen-bond donors (Lipinski definition) is 2. The Balaban J connectivity index is 1.42. The lowest BCUT2D eigenvalue weighted by atomic mass is 9.92. The standard InChI is InChI=1S/C21H24ClF2N5O2/c1-13(25)31-21(26)20-16(23)9-15(10-17(20)24)30-8-2-3-14-4-6-29(7-5-14)19-12-27-18(22)11-28-19/h9-12,14,25-26H,2-8H2,1H3. The van der Waals surface area contributed by atoms with E-state index in [4.69, 9.17) is 27.2 Å². The third-order valence-electron chi connectivity index (χ3n) is 5.07. The minimum Gasteiger partial charge on any atom is -0.493 e. The molecule has 1 aromatic carbocycles. The van der Waals surface area contributed by atoms with E-state index in [9.17, 15) is 8.78 Å². The van der Waals surface area contributed by atoms with E-state index in [2.05, 4.69) is 19.6 Å². The van der Waals surface area contributed by atoms with Gasteiger partial charge >= 0.3 is 0 Å². The normalized spacial score (nSPS) is 14.4. The molecule has 2 aromatic rings. The van der Waals surface area contributed by atoms with E-state index in [1.165, 1.54) is 6.92 Å². The van der Waals surface area contributed by atoms with E-state index in [1.54, 1.807) is 12.4 Å². The summed E-state index contributed by atoms with van der Waals surface area (Å²) in [6.45, 7) is 3.40. The number of rotatable bonds is 7. The van der Waals surface area contributed by atoms with Crippen molar-refractivity contribution in [2.45, 2.75) is 32.6 Å². The molecule has 0 spiro atoms. The number of hydrogen-bond acceptors (Lipinski definition) is 7. The molecule has 2 heterocycles. The fourth-order valence-electron chi connectivity index (χ4n) is 3.54. The molecule has 3 rings (SSSR count). The topological polar surface area (TPSA) is 95.2 Å². The summed E-state index contributed by atoms with van der Waals surface area (Å²) >= 11 is 5.78. The summed E-state index contributed by atoms with van der Waals surface area (Å²) < 4.78 is 38.5. The van der Waals surface area contributed by atoms with Gasteiger partial charge in [-0.15, -0.1) is 0 Å². The second-order valence-electron chi connectivity index (χ2n) is 7.37. The summed E-state index contributed by atoms with van der Waals surface area (Å²) in [5, 5.41) is 15.1. The molecule has 0 radical (unpaired) electrons. The van der Waals surface area contributed by atoms with Crippen molar-refractivity contribution in [2.24, 2.45) is 5.92 Å². The fourth-order valence-corrected chi connectivity index (χ4v) is 3.63. The first-order chi connectivity index (χ1) is 14.8. The molecule has 2 N–H and O–H groups in total. The quantitative estimate of drug-likeness (QED) is 0.357. The van der Waals surface area contributed by atoms with Crippen LogP contribution in [0.1, 0.15) is 38.2 Å². The fraction of sp³-hybridized carbons (Fsp3) is 0.429. The lowest BCUT2D eigenvalue weighted by Crippen LogP contribution is -2.34. The highest BCUT2D eigenvalue weighted by Crippen LogP contribution is 2.26. The van der Waals surface area contributed by atoms with Gasteiger partial charge in [0.15, 0.2) is 5.90 Å². The molecule has 1 aliphatic rings. The van der Waals surface area contributed by atoms with Crippen LogP contribution in [0.5, 0.6) is 5.75 Å². The zero-order chi connectivity index (χ0) is 22.4. The van der Waals surface area contributed by atoms with Gasteiger partial charge < -0.3 is 14.4 Å². The van der Waals surface area contributed by atoms with Gasteiger partial charge in [0.2, 0.25) is 5.90 Å². The van der Waals surface area contributed by atoms with Crippen LogP contribution in [-0.4, -0.2) is 41.5 Å². The van der Waals surface area contributed by atoms with Crippen molar-refractivity contribution in [1.82, 2.24) is 9.97 Å². The molecule has 10 heteroatoms. The van der Waals surface area contributed by atoms with Crippen LogP contribution in [0.3, 0.4) is 0 Å². The van der Waals surface area contributed by atoms with Gasteiger partial charge in [0.25, 0.3) is 0 Å². The number of ether oxygens (including phenoxy) is 2. The van der Waals surface area contributed by atoms with Crippen molar-refractivity contribution >= 4 is 29.2 Å². The maximum Gasteiger partial charge on any atom is 0.226 e. The maximum atomic E-state index is 14.2. The Kier molecular flexibility index (Phi) is 7.73. The molecule has 0 aliphatic carbocycles. The molecule has 0 bridgehead atoms. The Morgan fingerprint density at radius 1 is 1.16 bits per heavy atom. The van der Waals surface area contributed by atoms with Gasteiger partial charge in [-0.3, -0.25) is 10.8 Å². The molecule has 0 unspecified atom stereocenters. The number of nitrogens with one attached hydrogen (secondary N) is 2. The predicted molar refractivity (Wildman–Crippen MR) is 114 cm³/mol. The lowest BCUT2D eigenvalue weighted by molar-refractivity contribution is 0.277. The second kappa shape index (κ2) is 10.5. The zero-order valence-electron chi connectivity index (χ0n) is 17.1. The van der Waals surface area contributed by atoms with Crippen LogP contribution in [-0.2, 0) is 4.74 Å². The summed E-state index contributed by atoms with van der Waals surface area (Å²) in [6, 6.07) is 2.06. The van der Waals surface area contributed by atoms with Gasteiger partial charge in [0.05, 0.1) is 19.0 Å². The van der Waals surface area contributed by atoms with Crippen LogP contribution in [0.15, 0.2) is 24.5 Å². The molecule has 1 fully saturated rings. The monoisotopic (exact) mass is 451 g/mol. The van der Waals surface area contributed by atoms with Crippen LogP contribution >= 0.6 is 11.6 Å². The Morgan fingerprint density at radius 2 is 1.84 bits per heavy atom. The minimum absolute atomic E-state index is 0.0641. The van der Waals surface area contributed by atoms with Crippen LogP contribution in [0, 0.1) is 28.4 Å². The molecule has 7 nitrogen and oxygen atoms in total. The number of halogens is 3. The molecule has 0 saturated carbocycles. The van der Waals surface area contributed by atoms with Crippen molar-refractivity contribution in [3.8, 4) is 5.75 Å². The lowest BCUT2D eigenvalue weighted by Gasteiger charge is -2.32. The highest BCUT2D eigenvalue weighted by molar-refractivity contribution is 6.29. The van der Waals surface area contributed by atoms with Crippen LogP contribution < -0.4 is 9.64 Å². The van der Waals surface area contributed by atoms with E-state index < -0.39 is 23.1 Å². The summed E-state index contributed by atoms with van der Waals surface area (Å²) in [5.74, 6) is -1.54. The predicted octanol–water partition coefficient (Wildman–Crippen LogP) is 4.82. The SMILES string of the molecule is CC(=N)OC(=N)c1c(F)cc(OCCCC2CCN(c3cnc(Cl)cn3)CC2)cc1F. The van der Waals surface area contributed by atoms with Gasteiger partial charge in [0, 0.05) is 32.1 Å². The Bertz CT molecular complexity index is 911. The number of anilines is 1. The van der Waals surface area contributed by atoms with E-state index in [-0.39, 0.29) is 11.6 Å². The number of benzene rings is 1. The van der Waals surface area contributed by atoms with Crippen molar-refractivity contribution in [2.75, 3.05) is 24.6 Å². The molecular weight excluding hydrogens is 428 g/mol. The van der Waals surface area contributed by atoms with Crippen LogP contribution in [0.4, 0.5) is 14.6 Å². The third-order valence-corrected chi connectivity index (χ3v) is 5.26. The summed E-state index contributed by atoms with van der Waals surface area (Å²) in [7, 11) is 0. The first-order valence-electron chi connectivity index (χ1n) is 9.99. The highest BCUT2D eigenvalue weighted by atomic mass is 35.5. The summed E-state index contributed by atoms with van der Waals surface area (Å²) in [5.41, 5.74) is -0.615. The van der Waals surface area contributed by atoms with Gasteiger partial charge in [-0.2, -0.15) is 0 Å². The Hall–Kier alpha value is -2.81. The van der Waals surface area contributed by atoms with E-state index >= 15 is 0 Å². The number of piperidine rings is 1. The third kappa shape index (κ3) is 6.33. The number of aromatic nitrogens is 2. The van der Waals surface area contributed by atoms with Crippen LogP contribution in [0.2, 0.25) is 5.15 Å².